The third-order valence-corrected chi connectivity index (χ3v) is 3.72. The monoisotopic (exact) mass is 325 g/mol. The first-order chi connectivity index (χ1) is 10.2. The van der Waals surface area contributed by atoms with Crippen molar-refractivity contribution < 1.29 is 0 Å². The van der Waals surface area contributed by atoms with Gasteiger partial charge in [0.05, 0.1) is 6.04 Å². The molecule has 3 nitrogen and oxygen atoms in total. The van der Waals surface area contributed by atoms with Gasteiger partial charge in [-0.25, -0.2) is 4.98 Å². The molecule has 0 aliphatic carbocycles. The molecule has 0 fully saturated rings. The number of aromatic nitrogens is 2. The van der Waals surface area contributed by atoms with Crippen LogP contribution in [-0.2, 0) is 6.54 Å². The second-order valence-electron chi connectivity index (χ2n) is 5.07. The lowest BCUT2D eigenvalue weighted by molar-refractivity contribution is 0.530. The van der Waals surface area contributed by atoms with Crippen molar-refractivity contribution in [3.63, 3.8) is 0 Å². The highest BCUT2D eigenvalue weighted by Crippen LogP contribution is 2.27. The maximum atomic E-state index is 6.15. The Hall–Kier alpha value is -1.03. The molecular weight excluding hydrogens is 305 g/mol. The number of imidazole rings is 1. The third-order valence-electron chi connectivity index (χ3n) is 3.29. The van der Waals surface area contributed by atoms with Gasteiger partial charge in [-0.15, -0.1) is 0 Å². The van der Waals surface area contributed by atoms with Crippen LogP contribution in [0.25, 0.3) is 0 Å². The van der Waals surface area contributed by atoms with Crippen LogP contribution >= 0.6 is 23.2 Å². The fourth-order valence-corrected chi connectivity index (χ4v) is 2.94. The minimum absolute atomic E-state index is 0.00250. The molecule has 1 aromatic heterocycles. The van der Waals surface area contributed by atoms with Gasteiger partial charge in [-0.3, -0.25) is 0 Å². The number of hydrogen-bond acceptors (Lipinski definition) is 2. The predicted octanol–water partition coefficient (Wildman–Crippen LogP) is 4.69. The molecule has 0 saturated carbocycles. The lowest BCUT2D eigenvalue weighted by Gasteiger charge is -2.20. The number of benzene rings is 1. The number of aryl methyl sites for hydroxylation is 1. The average molecular weight is 326 g/mol. The van der Waals surface area contributed by atoms with Crippen molar-refractivity contribution in [1.29, 1.82) is 0 Å². The summed E-state index contributed by atoms with van der Waals surface area (Å²) in [5.74, 6) is 1.00. The van der Waals surface area contributed by atoms with Gasteiger partial charge >= 0.3 is 0 Å². The Kier molecular flexibility index (Phi) is 6.09. The summed E-state index contributed by atoms with van der Waals surface area (Å²) < 4.78 is 2.18. The summed E-state index contributed by atoms with van der Waals surface area (Å²) in [5, 5.41) is 4.84. The Morgan fingerprint density at radius 3 is 2.48 bits per heavy atom. The predicted molar refractivity (Wildman–Crippen MR) is 89.1 cm³/mol. The summed E-state index contributed by atoms with van der Waals surface area (Å²) in [6.07, 6.45) is 5.99. The van der Waals surface area contributed by atoms with Crippen molar-refractivity contribution in [1.82, 2.24) is 14.9 Å². The summed E-state index contributed by atoms with van der Waals surface area (Å²) in [7, 11) is 0. The molecule has 0 radical (unpaired) electrons. The molecule has 1 heterocycles. The van der Waals surface area contributed by atoms with Crippen molar-refractivity contribution in [2.24, 2.45) is 0 Å². The molecule has 2 rings (SSSR count). The topological polar surface area (TPSA) is 29.9 Å². The van der Waals surface area contributed by atoms with Gasteiger partial charge in [0.25, 0.3) is 0 Å². The minimum atomic E-state index is 0.00250. The summed E-state index contributed by atoms with van der Waals surface area (Å²) in [5.41, 5.74) is 1.05. The molecule has 1 unspecified atom stereocenters. The highest BCUT2D eigenvalue weighted by Gasteiger charge is 2.19. The summed E-state index contributed by atoms with van der Waals surface area (Å²) >= 11 is 12.3. The van der Waals surface area contributed by atoms with Crippen molar-refractivity contribution >= 4 is 23.2 Å². The van der Waals surface area contributed by atoms with Gasteiger partial charge in [0.2, 0.25) is 0 Å². The fourth-order valence-electron chi connectivity index (χ4n) is 2.40. The standard InChI is InChI=1S/C16H21Cl2N3/c1-3-5-19-15(12-9-13(17)11-14(18)10-12)16-20-6-8-21(16)7-4-2/h6,8-11,15,19H,3-5,7H2,1-2H3. The molecule has 0 aliphatic heterocycles. The fraction of sp³-hybridized carbons (Fsp3) is 0.438. The van der Waals surface area contributed by atoms with E-state index in [-0.39, 0.29) is 6.04 Å². The van der Waals surface area contributed by atoms with Crippen molar-refractivity contribution in [3.05, 3.63) is 52.0 Å². The molecule has 0 saturated heterocycles. The van der Waals surface area contributed by atoms with Gasteiger partial charge in [0, 0.05) is 29.0 Å². The molecule has 5 heteroatoms. The molecule has 1 aromatic carbocycles. The lowest BCUT2D eigenvalue weighted by Crippen LogP contribution is -2.26. The smallest absolute Gasteiger partial charge is 0.130 e. The van der Waals surface area contributed by atoms with E-state index in [4.69, 9.17) is 23.2 Å². The SMILES string of the molecule is CCCNC(c1cc(Cl)cc(Cl)c1)c1nccn1CCC. The normalized spacial score (nSPS) is 12.6. The number of rotatable bonds is 7. The highest BCUT2D eigenvalue weighted by atomic mass is 35.5. The molecule has 0 bridgehead atoms. The second kappa shape index (κ2) is 7.83. The molecule has 0 aliphatic rings. The zero-order valence-corrected chi connectivity index (χ0v) is 14.0. The van der Waals surface area contributed by atoms with E-state index in [9.17, 15) is 0 Å². The first kappa shape index (κ1) is 16.3. The van der Waals surface area contributed by atoms with Crippen molar-refractivity contribution in [3.8, 4) is 0 Å². The minimum Gasteiger partial charge on any atom is -0.333 e. The summed E-state index contributed by atoms with van der Waals surface area (Å²) in [4.78, 5) is 4.54. The van der Waals surface area contributed by atoms with Gasteiger partial charge in [0.1, 0.15) is 5.82 Å². The number of nitrogens with zero attached hydrogens (tertiary/aromatic N) is 2. The second-order valence-corrected chi connectivity index (χ2v) is 5.94. The molecule has 21 heavy (non-hydrogen) atoms. The van der Waals surface area contributed by atoms with Crippen LogP contribution in [0.5, 0.6) is 0 Å². The molecule has 2 aromatic rings. The highest BCUT2D eigenvalue weighted by molar-refractivity contribution is 6.34. The number of nitrogens with one attached hydrogen (secondary N) is 1. The maximum Gasteiger partial charge on any atom is 0.130 e. The van der Waals surface area contributed by atoms with Crippen LogP contribution in [0, 0.1) is 0 Å². The van der Waals surface area contributed by atoms with E-state index in [1.807, 2.05) is 24.5 Å². The molecule has 114 valence electrons. The van der Waals surface area contributed by atoms with Gasteiger partial charge in [0.15, 0.2) is 0 Å². The Morgan fingerprint density at radius 1 is 1.14 bits per heavy atom. The zero-order chi connectivity index (χ0) is 15.2. The van der Waals surface area contributed by atoms with Crippen LogP contribution in [0.2, 0.25) is 10.0 Å². The van der Waals surface area contributed by atoms with Gasteiger partial charge in [-0.1, -0.05) is 37.0 Å². The third kappa shape index (κ3) is 4.22. The van der Waals surface area contributed by atoms with Crippen molar-refractivity contribution in [2.45, 2.75) is 39.3 Å². The lowest BCUT2D eigenvalue weighted by atomic mass is 10.1. The van der Waals surface area contributed by atoms with Crippen LogP contribution < -0.4 is 5.32 Å². The number of halogens is 2. The van der Waals surface area contributed by atoms with Gasteiger partial charge in [-0.2, -0.15) is 0 Å². The van der Waals surface area contributed by atoms with E-state index in [0.717, 1.165) is 37.3 Å². The number of hydrogen-bond donors (Lipinski definition) is 1. The van der Waals surface area contributed by atoms with E-state index in [1.54, 1.807) is 6.07 Å². The molecule has 0 spiro atoms. The van der Waals surface area contributed by atoms with Crippen LogP contribution in [0.15, 0.2) is 30.6 Å². The van der Waals surface area contributed by atoms with Crippen LogP contribution in [0.3, 0.4) is 0 Å². The maximum absolute atomic E-state index is 6.15. The van der Waals surface area contributed by atoms with Gasteiger partial charge < -0.3 is 9.88 Å². The molecule has 0 amide bonds. The average Bonchev–Trinajstić information content (AvgIpc) is 2.87. The largest absolute Gasteiger partial charge is 0.333 e. The van der Waals surface area contributed by atoms with E-state index < -0.39 is 0 Å². The van der Waals surface area contributed by atoms with Crippen molar-refractivity contribution in [2.75, 3.05) is 6.54 Å². The van der Waals surface area contributed by atoms with E-state index in [0.29, 0.717) is 10.0 Å². The Morgan fingerprint density at radius 2 is 1.86 bits per heavy atom. The Labute approximate surface area is 136 Å². The van der Waals surface area contributed by atoms with Crippen LogP contribution in [0.4, 0.5) is 0 Å². The summed E-state index contributed by atoms with van der Waals surface area (Å²) in [6, 6.07) is 5.65. The summed E-state index contributed by atoms with van der Waals surface area (Å²) in [6.45, 7) is 6.17. The first-order valence-electron chi connectivity index (χ1n) is 7.36. The molecule has 1 atom stereocenters. The Balaban J connectivity index is 2.39. The van der Waals surface area contributed by atoms with Crippen LogP contribution in [-0.4, -0.2) is 16.1 Å². The molecule has 1 N–H and O–H groups in total. The Bertz CT molecular complexity index is 560. The van der Waals surface area contributed by atoms with E-state index in [1.165, 1.54) is 0 Å². The molecular formula is C16H21Cl2N3. The first-order valence-corrected chi connectivity index (χ1v) is 8.11. The van der Waals surface area contributed by atoms with Crippen LogP contribution in [0.1, 0.15) is 44.1 Å². The van der Waals surface area contributed by atoms with Gasteiger partial charge in [-0.05, 0) is 43.1 Å². The van der Waals surface area contributed by atoms with E-state index in [2.05, 4.69) is 28.7 Å². The quantitative estimate of drug-likeness (QED) is 0.800. The zero-order valence-electron chi connectivity index (χ0n) is 12.4. The van der Waals surface area contributed by atoms with E-state index >= 15 is 0 Å².